The third kappa shape index (κ3) is 15.0. The van der Waals surface area contributed by atoms with Crippen molar-refractivity contribution in [1.29, 1.82) is 0 Å². The fraction of sp³-hybridized carbons (Fsp3) is 0.692. The highest BCUT2D eigenvalue weighted by Gasteiger charge is 2.32. The number of nitrogens with two attached hydrogens (primary N) is 1. The number of carbonyl (C=O) groups is 2. The zero-order valence-corrected chi connectivity index (χ0v) is 24.7. The van der Waals surface area contributed by atoms with Crippen LogP contribution in [0.4, 0.5) is 4.79 Å². The van der Waals surface area contributed by atoms with Gasteiger partial charge in [0.2, 0.25) is 5.91 Å². The number of nitrogens with one attached hydrogen (secondary N) is 1. The first kappa shape index (κ1) is 39.5. The van der Waals surface area contributed by atoms with Crippen molar-refractivity contribution in [2.75, 3.05) is 7.11 Å². The number of rotatable bonds is 2. The lowest BCUT2D eigenvalue weighted by atomic mass is 9.86. The van der Waals surface area contributed by atoms with E-state index in [0.29, 0.717) is 11.2 Å². The Morgan fingerprint density at radius 3 is 1.83 bits per heavy atom. The first-order chi connectivity index (χ1) is 16.3. The van der Waals surface area contributed by atoms with Crippen LogP contribution >= 0.6 is 0 Å². The molecule has 2 amide bonds. The zero-order valence-electron chi connectivity index (χ0n) is 24.7. The van der Waals surface area contributed by atoms with Crippen molar-refractivity contribution < 1.29 is 14.7 Å². The highest BCUT2D eigenvalue weighted by molar-refractivity contribution is 5.91. The predicted molar refractivity (Wildman–Crippen MR) is 149 cm³/mol. The number of aliphatic hydroxyl groups excluding tert-OH is 1. The highest BCUT2D eigenvalue weighted by atomic mass is 16.2. The standard InChI is InChI=1S/C14H19N5O3.C4H10.C3H8.2C2H6.CH4O/c1-14(2,3)9(10(15)20)17-12(21)19-8-6-5-7-16-11(8)18(4)13(19)22;1-4(2)3;1-3-2;3*1-2/h5-7,9H,1-4H3,(H2,15,20)(H,17,21);4H,1-3H3;3H2,1-2H3;2*1-2H3;2H,1H3/t9-;;;;;/m1...../s1. The molecule has 2 aromatic heterocycles. The van der Waals surface area contributed by atoms with E-state index < -0.39 is 29.1 Å². The maximum Gasteiger partial charge on any atom is 0.338 e. The molecule has 0 unspecified atom stereocenters. The van der Waals surface area contributed by atoms with Crippen molar-refractivity contribution in [2.24, 2.45) is 24.1 Å². The van der Waals surface area contributed by atoms with E-state index in [2.05, 4.69) is 44.9 Å². The number of pyridine rings is 1. The van der Waals surface area contributed by atoms with Gasteiger partial charge in [-0.1, -0.05) is 89.5 Å². The largest absolute Gasteiger partial charge is 0.400 e. The number of aryl methyl sites for hydroxylation is 1. The summed E-state index contributed by atoms with van der Waals surface area (Å²) in [4.78, 5) is 40.3. The minimum atomic E-state index is -0.904. The second-order valence-corrected chi connectivity index (χ2v) is 8.61. The van der Waals surface area contributed by atoms with E-state index in [0.717, 1.165) is 17.6 Å². The van der Waals surface area contributed by atoms with Crippen LogP contribution in [0.2, 0.25) is 0 Å². The molecule has 2 heterocycles. The molecular formula is C26H53N5O4. The molecule has 0 bridgehead atoms. The van der Waals surface area contributed by atoms with Gasteiger partial charge in [0.1, 0.15) is 6.04 Å². The molecule has 0 aliphatic rings. The lowest BCUT2D eigenvalue weighted by Gasteiger charge is -2.28. The SMILES string of the molecule is CC.CC.CC(C)C.CCC.CO.Cn1c(=O)n(C(=O)N[C@H](C(N)=O)C(C)(C)C)c2cccnc21. The quantitative estimate of drug-likeness (QED) is 0.539. The van der Waals surface area contributed by atoms with E-state index in [-0.39, 0.29) is 0 Å². The van der Waals surface area contributed by atoms with E-state index in [1.807, 2.05) is 27.7 Å². The van der Waals surface area contributed by atoms with Gasteiger partial charge in [0.15, 0.2) is 5.65 Å². The molecule has 0 aliphatic carbocycles. The van der Waals surface area contributed by atoms with Crippen LogP contribution in [0.3, 0.4) is 0 Å². The molecule has 9 heteroatoms. The molecule has 0 aromatic carbocycles. The van der Waals surface area contributed by atoms with Gasteiger partial charge in [-0.25, -0.2) is 19.1 Å². The van der Waals surface area contributed by atoms with Crippen molar-refractivity contribution in [3.8, 4) is 0 Å². The summed E-state index contributed by atoms with van der Waals surface area (Å²) in [6, 6.07) is 1.63. The number of primary amides is 1. The minimum Gasteiger partial charge on any atom is -0.400 e. The number of aliphatic hydroxyl groups is 1. The molecular weight excluding hydrogens is 446 g/mol. The summed E-state index contributed by atoms with van der Waals surface area (Å²) in [6.45, 7) is 24.1. The number of carbonyl (C=O) groups excluding carboxylic acids is 2. The molecule has 2 aromatic rings. The Kier molecular flexibility index (Phi) is 24.7. The van der Waals surface area contributed by atoms with E-state index >= 15 is 0 Å². The number of hydrogen-bond donors (Lipinski definition) is 3. The number of fused-ring (bicyclic) bond motifs is 1. The fourth-order valence-corrected chi connectivity index (χ4v) is 2.26. The van der Waals surface area contributed by atoms with Crippen LogP contribution in [-0.4, -0.2) is 44.3 Å². The summed E-state index contributed by atoms with van der Waals surface area (Å²) in [6.07, 6.45) is 2.78. The third-order valence-corrected chi connectivity index (χ3v) is 3.42. The molecule has 4 N–H and O–H groups in total. The van der Waals surface area contributed by atoms with Crippen molar-refractivity contribution in [1.82, 2.24) is 19.4 Å². The first-order valence-electron chi connectivity index (χ1n) is 12.4. The predicted octanol–water partition coefficient (Wildman–Crippen LogP) is 4.93. The van der Waals surface area contributed by atoms with Crippen molar-refractivity contribution >= 4 is 23.1 Å². The maximum absolute atomic E-state index is 12.5. The van der Waals surface area contributed by atoms with Gasteiger partial charge in [0, 0.05) is 20.4 Å². The van der Waals surface area contributed by atoms with E-state index in [1.54, 1.807) is 32.9 Å². The summed E-state index contributed by atoms with van der Waals surface area (Å²) < 4.78 is 2.22. The zero-order chi connectivity index (χ0) is 28.9. The Balaban J connectivity index is -0.000000313. The summed E-state index contributed by atoms with van der Waals surface area (Å²) in [5, 5.41) is 9.53. The smallest absolute Gasteiger partial charge is 0.338 e. The Hall–Kier alpha value is -2.68. The van der Waals surface area contributed by atoms with Gasteiger partial charge in [-0.15, -0.1) is 0 Å². The highest BCUT2D eigenvalue weighted by Crippen LogP contribution is 2.19. The van der Waals surface area contributed by atoms with Crippen LogP contribution in [0.5, 0.6) is 0 Å². The van der Waals surface area contributed by atoms with E-state index in [9.17, 15) is 14.4 Å². The summed E-state index contributed by atoms with van der Waals surface area (Å²) in [7, 11) is 2.52. The van der Waals surface area contributed by atoms with Gasteiger partial charge in [-0.3, -0.25) is 9.36 Å². The van der Waals surface area contributed by atoms with Crippen LogP contribution in [0.15, 0.2) is 23.1 Å². The average molecular weight is 500 g/mol. The lowest BCUT2D eigenvalue weighted by molar-refractivity contribution is -0.122. The molecule has 2 rings (SSSR count). The van der Waals surface area contributed by atoms with E-state index in [4.69, 9.17) is 10.8 Å². The molecule has 206 valence electrons. The summed E-state index contributed by atoms with van der Waals surface area (Å²) in [5.74, 6) is 0.173. The third-order valence-electron chi connectivity index (χ3n) is 3.42. The molecule has 0 aliphatic heterocycles. The monoisotopic (exact) mass is 499 g/mol. The number of amides is 2. The maximum atomic E-state index is 12.5. The van der Waals surface area contributed by atoms with E-state index in [1.165, 1.54) is 24.2 Å². The second-order valence-electron chi connectivity index (χ2n) is 8.61. The minimum absolute atomic E-state index is 0.365. The molecule has 35 heavy (non-hydrogen) atoms. The molecule has 1 atom stereocenters. The number of imidazole rings is 1. The van der Waals surface area contributed by atoms with Crippen molar-refractivity contribution in [3.63, 3.8) is 0 Å². The Bertz CT molecular complexity index is 862. The van der Waals surface area contributed by atoms with Crippen LogP contribution in [-0.2, 0) is 11.8 Å². The topological polar surface area (TPSA) is 132 Å². The molecule has 0 saturated heterocycles. The number of nitrogens with zero attached hydrogens (tertiary/aromatic N) is 3. The van der Waals surface area contributed by atoms with Crippen LogP contribution in [0.1, 0.15) is 89.5 Å². The average Bonchev–Trinajstić information content (AvgIpc) is 3.05. The molecule has 0 fully saturated rings. The molecule has 9 nitrogen and oxygen atoms in total. The van der Waals surface area contributed by atoms with Crippen molar-refractivity contribution in [2.45, 2.75) is 95.5 Å². The Labute approximate surface area is 213 Å². The normalized spacial score (nSPS) is 10.3. The van der Waals surface area contributed by atoms with Crippen LogP contribution in [0.25, 0.3) is 11.2 Å². The van der Waals surface area contributed by atoms with Gasteiger partial charge in [0.25, 0.3) is 0 Å². The summed E-state index contributed by atoms with van der Waals surface area (Å²) in [5.41, 5.74) is 4.98. The van der Waals surface area contributed by atoms with Crippen LogP contribution in [0, 0.1) is 11.3 Å². The van der Waals surface area contributed by atoms with Gasteiger partial charge < -0.3 is 16.2 Å². The molecule has 0 radical (unpaired) electrons. The number of aromatic nitrogens is 3. The van der Waals surface area contributed by atoms with Gasteiger partial charge >= 0.3 is 11.7 Å². The Morgan fingerprint density at radius 2 is 1.49 bits per heavy atom. The summed E-state index contributed by atoms with van der Waals surface area (Å²) >= 11 is 0. The van der Waals surface area contributed by atoms with Gasteiger partial charge in [-0.2, -0.15) is 0 Å². The number of hydrogen-bond acceptors (Lipinski definition) is 5. The first-order valence-corrected chi connectivity index (χ1v) is 12.4. The molecule has 0 saturated carbocycles. The second kappa shape index (κ2) is 21.8. The molecule has 0 spiro atoms. The van der Waals surface area contributed by atoms with Gasteiger partial charge in [0.05, 0.1) is 5.52 Å². The fourth-order valence-electron chi connectivity index (χ4n) is 2.26. The lowest BCUT2D eigenvalue weighted by Crippen LogP contribution is -2.54. The van der Waals surface area contributed by atoms with Crippen molar-refractivity contribution in [3.05, 3.63) is 28.8 Å². The van der Waals surface area contributed by atoms with Crippen LogP contribution < -0.4 is 16.7 Å². The Morgan fingerprint density at radius 1 is 1.09 bits per heavy atom. The van der Waals surface area contributed by atoms with Gasteiger partial charge in [-0.05, 0) is 23.5 Å².